The molecule has 4 nitrogen and oxygen atoms in total. The molecule has 1 aliphatic heterocycles. The molecule has 1 N–H and O–H groups in total. The maximum absolute atomic E-state index is 12.2. The summed E-state index contributed by atoms with van der Waals surface area (Å²) >= 11 is 5.98. The molecule has 0 aromatic heterocycles. The molecular weight excluding hydrogens is 240 g/mol. The molecule has 0 spiro atoms. The summed E-state index contributed by atoms with van der Waals surface area (Å²) in [6.45, 7) is 2.96. The van der Waals surface area contributed by atoms with Gasteiger partial charge in [0.25, 0.3) is 5.91 Å². The van der Waals surface area contributed by atoms with Gasteiger partial charge < -0.3 is 10.2 Å². The third-order valence-corrected chi connectivity index (χ3v) is 3.23. The molecule has 0 saturated carbocycles. The van der Waals surface area contributed by atoms with Gasteiger partial charge in [-0.2, -0.15) is 0 Å². The maximum Gasteiger partial charge on any atom is 0.254 e. The van der Waals surface area contributed by atoms with Gasteiger partial charge in [0.05, 0.1) is 6.54 Å². The van der Waals surface area contributed by atoms with E-state index in [9.17, 15) is 9.59 Å². The molecule has 1 aliphatic rings. The van der Waals surface area contributed by atoms with Gasteiger partial charge >= 0.3 is 0 Å². The first kappa shape index (κ1) is 11.9. The molecule has 0 radical (unpaired) electrons. The number of halogens is 1. The number of nitrogens with zero attached hydrogens (tertiary/aromatic N) is 1. The molecule has 0 aliphatic carbocycles. The highest BCUT2D eigenvalue weighted by atomic mass is 35.5. The van der Waals surface area contributed by atoms with Crippen LogP contribution in [0.4, 0.5) is 0 Å². The van der Waals surface area contributed by atoms with Crippen molar-refractivity contribution < 1.29 is 9.59 Å². The van der Waals surface area contributed by atoms with Gasteiger partial charge in [-0.05, 0) is 24.6 Å². The van der Waals surface area contributed by atoms with Crippen LogP contribution >= 0.6 is 11.6 Å². The number of carbonyl (C=O) groups excluding carboxylic acids is 2. The van der Waals surface area contributed by atoms with Crippen molar-refractivity contribution in [2.75, 3.05) is 19.6 Å². The van der Waals surface area contributed by atoms with Crippen LogP contribution in [0.25, 0.3) is 0 Å². The zero-order valence-corrected chi connectivity index (χ0v) is 10.3. The smallest absolute Gasteiger partial charge is 0.254 e. The Balaban J connectivity index is 2.24. The summed E-state index contributed by atoms with van der Waals surface area (Å²) in [5, 5.41) is 3.25. The van der Waals surface area contributed by atoms with E-state index < -0.39 is 0 Å². The summed E-state index contributed by atoms with van der Waals surface area (Å²) in [5.41, 5.74) is 1.32. The fourth-order valence-electron chi connectivity index (χ4n) is 1.82. The van der Waals surface area contributed by atoms with Crippen LogP contribution in [0.2, 0.25) is 5.02 Å². The molecule has 1 heterocycles. The highest BCUT2D eigenvalue weighted by Crippen LogP contribution is 2.20. The normalized spacial score (nSPS) is 15.6. The van der Waals surface area contributed by atoms with Crippen molar-refractivity contribution in [3.8, 4) is 0 Å². The van der Waals surface area contributed by atoms with E-state index in [0.29, 0.717) is 23.7 Å². The Labute approximate surface area is 105 Å². The second-order valence-electron chi connectivity index (χ2n) is 3.99. The Bertz CT molecular complexity index is 474. The first-order valence-electron chi connectivity index (χ1n) is 5.40. The van der Waals surface area contributed by atoms with Crippen LogP contribution < -0.4 is 5.32 Å². The van der Waals surface area contributed by atoms with Gasteiger partial charge in [0, 0.05) is 23.7 Å². The summed E-state index contributed by atoms with van der Waals surface area (Å²) in [6.07, 6.45) is 0. The summed E-state index contributed by atoms with van der Waals surface area (Å²) in [6, 6.07) is 5.22. The summed E-state index contributed by atoms with van der Waals surface area (Å²) < 4.78 is 0. The highest BCUT2D eigenvalue weighted by Gasteiger charge is 2.23. The van der Waals surface area contributed by atoms with Crippen LogP contribution in [0.1, 0.15) is 15.9 Å². The topological polar surface area (TPSA) is 49.4 Å². The van der Waals surface area contributed by atoms with Crippen molar-refractivity contribution in [2.45, 2.75) is 6.92 Å². The van der Waals surface area contributed by atoms with Gasteiger partial charge in [-0.3, -0.25) is 9.59 Å². The van der Waals surface area contributed by atoms with Crippen molar-refractivity contribution in [3.05, 3.63) is 34.3 Å². The number of carbonyl (C=O) groups is 2. The molecule has 2 rings (SSSR count). The molecule has 1 saturated heterocycles. The van der Waals surface area contributed by atoms with E-state index in [1.807, 2.05) is 0 Å². The Morgan fingerprint density at radius 3 is 2.94 bits per heavy atom. The Kier molecular flexibility index (Phi) is 3.33. The lowest BCUT2D eigenvalue weighted by Gasteiger charge is -2.27. The van der Waals surface area contributed by atoms with E-state index >= 15 is 0 Å². The fraction of sp³-hybridized carbons (Fsp3) is 0.333. The Hall–Kier alpha value is -1.55. The molecular formula is C12H13ClN2O2. The summed E-state index contributed by atoms with van der Waals surface area (Å²) in [5.74, 6) is -0.260. The number of amides is 2. The van der Waals surface area contributed by atoms with E-state index in [2.05, 4.69) is 5.32 Å². The molecule has 2 amide bonds. The first-order chi connectivity index (χ1) is 8.09. The lowest BCUT2D eigenvalue weighted by molar-refractivity contribution is -0.123. The van der Waals surface area contributed by atoms with Gasteiger partial charge in [0.1, 0.15) is 0 Å². The predicted molar refractivity (Wildman–Crippen MR) is 65.1 cm³/mol. The van der Waals surface area contributed by atoms with Crippen molar-refractivity contribution in [3.63, 3.8) is 0 Å². The van der Waals surface area contributed by atoms with Crippen LogP contribution in [0.5, 0.6) is 0 Å². The zero-order chi connectivity index (χ0) is 12.4. The average Bonchev–Trinajstić information content (AvgIpc) is 2.32. The zero-order valence-electron chi connectivity index (χ0n) is 9.50. The lowest BCUT2D eigenvalue weighted by Crippen LogP contribution is -2.50. The van der Waals surface area contributed by atoms with E-state index in [0.717, 1.165) is 5.56 Å². The molecule has 5 heteroatoms. The SMILES string of the molecule is Cc1c(Cl)cccc1C(=O)N1CCNC(=O)C1. The number of nitrogens with one attached hydrogen (secondary N) is 1. The van der Waals surface area contributed by atoms with Crippen molar-refractivity contribution in [1.82, 2.24) is 10.2 Å². The summed E-state index contributed by atoms with van der Waals surface area (Å²) in [4.78, 5) is 25.0. The first-order valence-corrected chi connectivity index (χ1v) is 5.78. The lowest BCUT2D eigenvalue weighted by atomic mass is 10.1. The standard InChI is InChI=1S/C12H13ClN2O2/c1-8-9(3-2-4-10(8)13)12(17)15-6-5-14-11(16)7-15/h2-4H,5-7H2,1H3,(H,14,16). The minimum absolute atomic E-state index is 0.116. The molecule has 17 heavy (non-hydrogen) atoms. The Morgan fingerprint density at radius 1 is 1.47 bits per heavy atom. The molecule has 0 bridgehead atoms. The fourth-order valence-corrected chi connectivity index (χ4v) is 2.00. The van der Waals surface area contributed by atoms with Crippen LogP contribution in [0, 0.1) is 6.92 Å². The third kappa shape index (κ3) is 2.42. The van der Waals surface area contributed by atoms with Crippen molar-refractivity contribution in [2.24, 2.45) is 0 Å². The van der Waals surface area contributed by atoms with E-state index in [-0.39, 0.29) is 18.4 Å². The van der Waals surface area contributed by atoms with Gasteiger partial charge in [0.2, 0.25) is 5.91 Å². The van der Waals surface area contributed by atoms with Crippen LogP contribution in [-0.2, 0) is 4.79 Å². The van der Waals surface area contributed by atoms with Gasteiger partial charge in [-0.25, -0.2) is 0 Å². The van der Waals surface area contributed by atoms with E-state index in [1.54, 1.807) is 25.1 Å². The largest absolute Gasteiger partial charge is 0.353 e. The second kappa shape index (κ2) is 4.75. The Morgan fingerprint density at radius 2 is 2.24 bits per heavy atom. The van der Waals surface area contributed by atoms with Crippen molar-refractivity contribution in [1.29, 1.82) is 0 Å². The molecule has 1 aromatic carbocycles. The quantitative estimate of drug-likeness (QED) is 0.817. The second-order valence-corrected chi connectivity index (χ2v) is 4.40. The van der Waals surface area contributed by atoms with Crippen LogP contribution in [-0.4, -0.2) is 36.3 Å². The number of rotatable bonds is 1. The number of benzene rings is 1. The monoisotopic (exact) mass is 252 g/mol. The van der Waals surface area contributed by atoms with E-state index in [1.165, 1.54) is 4.90 Å². The third-order valence-electron chi connectivity index (χ3n) is 2.82. The molecule has 90 valence electrons. The van der Waals surface area contributed by atoms with Gasteiger partial charge in [-0.15, -0.1) is 0 Å². The molecule has 0 atom stereocenters. The van der Waals surface area contributed by atoms with Crippen LogP contribution in [0.3, 0.4) is 0 Å². The number of hydrogen-bond acceptors (Lipinski definition) is 2. The average molecular weight is 253 g/mol. The number of piperazine rings is 1. The minimum atomic E-state index is -0.139. The minimum Gasteiger partial charge on any atom is -0.353 e. The number of hydrogen-bond donors (Lipinski definition) is 1. The highest BCUT2D eigenvalue weighted by molar-refractivity contribution is 6.31. The maximum atomic E-state index is 12.2. The van der Waals surface area contributed by atoms with Crippen molar-refractivity contribution >= 4 is 23.4 Å². The molecule has 0 unspecified atom stereocenters. The van der Waals surface area contributed by atoms with Gasteiger partial charge in [-0.1, -0.05) is 17.7 Å². The van der Waals surface area contributed by atoms with Crippen LogP contribution in [0.15, 0.2) is 18.2 Å². The van der Waals surface area contributed by atoms with Gasteiger partial charge in [0.15, 0.2) is 0 Å². The van der Waals surface area contributed by atoms with E-state index in [4.69, 9.17) is 11.6 Å². The molecule has 1 aromatic rings. The predicted octanol–water partition coefficient (Wildman–Crippen LogP) is 1.22. The summed E-state index contributed by atoms with van der Waals surface area (Å²) in [7, 11) is 0. The molecule has 1 fully saturated rings.